The molecule has 1 aromatic rings. The Morgan fingerprint density at radius 2 is 1.92 bits per heavy atom. The molecular formula is C6HCl2F3N. The van der Waals surface area contributed by atoms with Gasteiger partial charge in [0.1, 0.15) is 5.15 Å². The van der Waals surface area contributed by atoms with Crippen molar-refractivity contribution in [3.8, 4) is 0 Å². The molecule has 0 fully saturated rings. The van der Waals surface area contributed by atoms with Gasteiger partial charge in [-0.3, -0.25) is 0 Å². The zero-order chi connectivity index (χ0) is 9.35. The highest BCUT2D eigenvalue weighted by Crippen LogP contribution is 2.31. The van der Waals surface area contributed by atoms with E-state index in [1.807, 2.05) is 6.07 Å². The molecule has 0 bridgehead atoms. The van der Waals surface area contributed by atoms with Gasteiger partial charge >= 0.3 is 6.18 Å². The number of pyridine rings is 1. The summed E-state index contributed by atoms with van der Waals surface area (Å²) in [4.78, 5) is 3.23. The fraction of sp³-hybridized carbons (Fsp3) is 0.167. The minimum Gasteiger partial charge on any atom is -0.242 e. The van der Waals surface area contributed by atoms with Crippen LogP contribution in [0.25, 0.3) is 0 Å². The number of halogens is 5. The maximum absolute atomic E-state index is 11.9. The highest BCUT2D eigenvalue weighted by atomic mass is 35.5. The SMILES string of the molecule is FC(F)(F)c1[c]c(Cl)c(Cl)nc1. The lowest BCUT2D eigenvalue weighted by Crippen LogP contribution is -2.05. The molecule has 1 nitrogen and oxygen atoms in total. The maximum atomic E-state index is 11.9. The van der Waals surface area contributed by atoms with Gasteiger partial charge in [-0.15, -0.1) is 0 Å². The summed E-state index contributed by atoms with van der Waals surface area (Å²) < 4.78 is 35.8. The minimum atomic E-state index is -4.48. The van der Waals surface area contributed by atoms with Gasteiger partial charge in [0.05, 0.1) is 10.6 Å². The zero-order valence-corrected chi connectivity index (χ0v) is 6.93. The van der Waals surface area contributed by atoms with Crippen LogP contribution < -0.4 is 0 Å². The van der Waals surface area contributed by atoms with E-state index in [1.165, 1.54) is 0 Å². The number of aromatic nitrogens is 1. The third-order valence-electron chi connectivity index (χ3n) is 1.04. The summed E-state index contributed by atoms with van der Waals surface area (Å²) in [6, 6.07) is 1.86. The number of nitrogens with zero attached hydrogens (tertiary/aromatic N) is 1. The van der Waals surface area contributed by atoms with Crippen molar-refractivity contribution in [1.29, 1.82) is 0 Å². The van der Waals surface area contributed by atoms with E-state index >= 15 is 0 Å². The third kappa shape index (κ3) is 2.01. The van der Waals surface area contributed by atoms with Crippen molar-refractivity contribution in [1.82, 2.24) is 4.98 Å². The molecule has 1 radical (unpaired) electrons. The summed E-state index contributed by atoms with van der Waals surface area (Å²) in [5.41, 5.74) is -1.03. The van der Waals surface area contributed by atoms with Crippen molar-refractivity contribution in [2.45, 2.75) is 6.18 Å². The molecule has 0 atom stereocenters. The minimum absolute atomic E-state index is 0.190. The Hall–Kier alpha value is -0.480. The fourth-order valence-electron chi connectivity index (χ4n) is 0.524. The molecule has 0 amide bonds. The van der Waals surface area contributed by atoms with E-state index in [0.29, 0.717) is 6.20 Å². The normalized spacial score (nSPS) is 11.8. The second kappa shape index (κ2) is 3.11. The van der Waals surface area contributed by atoms with Crippen LogP contribution in [0.5, 0.6) is 0 Å². The van der Waals surface area contributed by atoms with E-state index in [2.05, 4.69) is 4.98 Å². The average Bonchev–Trinajstić information content (AvgIpc) is 1.92. The number of rotatable bonds is 0. The van der Waals surface area contributed by atoms with Crippen LogP contribution in [0.4, 0.5) is 13.2 Å². The summed E-state index contributed by atoms with van der Waals surface area (Å²) in [6.45, 7) is 0. The van der Waals surface area contributed by atoms with Crippen molar-refractivity contribution in [2.24, 2.45) is 0 Å². The first kappa shape index (κ1) is 9.61. The molecule has 6 heteroatoms. The molecule has 0 saturated carbocycles. The van der Waals surface area contributed by atoms with Crippen molar-refractivity contribution < 1.29 is 13.2 Å². The van der Waals surface area contributed by atoms with E-state index in [9.17, 15) is 13.2 Å². The molecule has 0 N–H and O–H groups in total. The number of alkyl halides is 3. The molecule has 1 heterocycles. The summed E-state index contributed by atoms with van der Waals surface area (Å²) in [5.74, 6) is 0. The van der Waals surface area contributed by atoms with Gasteiger partial charge in [-0.25, -0.2) is 4.98 Å². The van der Waals surface area contributed by atoms with Gasteiger partial charge in [0.15, 0.2) is 0 Å². The van der Waals surface area contributed by atoms with Gasteiger partial charge in [-0.2, -0.15) is 13.2 Å². The quantitative estimate of drug-likeness (QED) is 0.605. The molecule has 0 aliphatic heterocycles. The maximum Gasteiger partial charge on any atom is 0.418 e. The Balaban J connectivity index is 3.14. The molecule has 1 rings (SSSR count). The molecule has 0 unspecified atom stereocenters. The second-order valence-electron chi connectivity index (χ2n) is 1.90. The first-order valence-corrected chi connectivity index (χ1v) is 3.47. The van der Waals surface area contributed by atoms with Gasteiger partial charge < -0.3 is 0 Å². The Morgan fingerprint density at radius 3 is 2.33 bits per heavy atom. The fourth-order valence-corrected chi connectivity index (χ4v) is 0.771. The topological polar surface area (TPSA) is 12.9 Å². The zero-order valence-electron chi connectivity index (χ0n) is 5.41. The van der Waals surface area contributed by atoms with E-state index in [1.54, 1.807) is 0 Å². The highest BCUT2D eigenvalue weighted by molar-refractivity contribution is 6.41. The van der Waals surface area contributed by atoms with Crippen LogP contribution in [-0.2, 0) is 6.18 Å². The Bertz CT molecular complexity index is 297. The standard InChI is InChI=1S/C6HCl2F3N/c7-4-1-3(6(9,10)11)2-12-5(4)8/h2H. The van der Waals surface area contributed by atoms with Crippen LogP contribution >= 0.6 is 23.2 Å². The first-order chi connectivity index (χ1) is 5.41. The van der Waals surface area contributed by atoms with Crippen molar-refractivity contribution >= 4 is 23.2 Å². The van der Waals surface area contributed by atoms with Gasteiger partial charge in [0.25, 0.3) is 0 Å². The summed E-state index contributed by atoms with van der Waals surface area (Å²) in [5, 5.41) is -0.517. The largest absolute Gasteiger partial charge is 0.418 e. The van der Waals surface area contributed by atoms with Crippen LogP contribution in [-0.4, -0.2) is 4.98 Å². The molecule has 65 valence electrons. The van der Waals surface area contributed by atoms with Gasteiger partial charge in [-0.05, 0) is 0 Å². The lowest BCUT2D eigenvalue weighted by molar-refractivity contribution is -0.138. The summed E-state index contributed by atoms with van der Waals surface area (Å²) in [6.07, 6.45) is -3.91. The van der Waals surface area contributed by atoms with E-state index in [4.69, 9.17) is 23.2 Å². The average molecular weight is 215 g/mol. The molecular weight excluding hydrogens is 214 g/mol. The van der Waals surface area contributed by atoms with Crippen LogP contribution in [0.1, 0.15) is 5.56 Å². The molecule has 0 saturated heterocycles. The van der Waals surface area contributed by atoms with E-state index < -0.39 is 11.7 Å². The van der Waals surface area contributed by atoms with Crippen molar-refractivity contribution in [2.75, 3.05) is 0 Å². The summed E-state index contributed by atoms with van der Waals surface area (Å²) >= 11 is 10.6. The molecule has 0 spiro atoms. The van der Waals surface area contributed by atoms with Crippen LogP contribution in [0, 0.1) is 6.07 Å². The Kier molecular flexibility index (Phi) is 2.49. The van der Waals surface area contributed by atoms with Crippen molar-refractivity contribution in [3.05, 3.63) is 28.0 Å². The van der Waals surface area contributed by atoms with Crippen LogP contribution in [0.15, 0.2) is 6.20 Å². The lowest BCUT2D eigenvalue weighted by atomic mass is 10.3. The molecule has 12 heavy (non-hydrogen) atoms. The number of hydrogen-bond acceptors (Lipinski definition) is 1. The van der Waals surface area contributed by atoms with E-state index in [-0.39, 0.29) is 10.2 Å². The molecule has 0 aliphatic rings. The monoisotopic (exact) mass is 214 g/mol. The van der Waals surface area contributed by atoms with Crippen LogP contribution in [0.3, 0.4) is 0 Å². The molecule has 0 aliphatic carbocycles. The predicted molar refractivity (Wildman–Crippen MR) is 38.1 cm³/mol. The lowest BCUT2D eigenvalue weighted by Gasteiger charge is -2.05. The van der Waals surface area contributed by atoms with Crippen LogP contribution in [0.2, 0.25) is 10.2 Å². The number of hydrogen-bond donors (Lipinski definition) is 0. The third-order valence-corrected chi connectivity index (χ3v) is 1.69. The molecule has 1 aromatic heterocycles. The van der Waals surface area contributed by atoms with Gasteiger partial charge in [-0.1, -0.05) is 23.2 Å². The molecule has 0 aromatic carbocycles. The van der Waals surface area contributed by atoms with Gasteiger partial charge in [0.2, 0.25) is 0 Å². The Labute approximate surface area is 76.1 Å². The van der Waals surface area contributed by atoms with Crippen molar-refractivity contribution in [3.63, 3.8) is 0 Å². The second-order valence-corrected chi connectivity index (χ2v) is 2.64. The first-order valence-electron chi connectivity index (χ1n) is 2.72. The van der Waals surface area contributed by atoms with Gasteiger partial charge in [0, 0.05) is 12.3 Å². The predicted octanol–water partition coefficient (Wildman–Crippen LogP) is 3.21. The smallest absolute Gasteiger partial charge is 0.242 e. The highest BCUT2D eigenvalue weighted by Gasteiger charge is 2.31. The van der Waals surface area contributed by atoms with E-state index in [0.717, 1.165) is 0 Å². The summed E-state index contributed by atoms with van der Waals surface area (Å²) in [7, 11) is 0. The Morgan fingerprint density at radius 1 is 1.33 bits per heavy atom.